The Kier molecular flexibility index (Phi) is 2.50. The van der Waals surface area contributed by atoms with Crippen molar-refractivity contribution in [1.82, 2.24) is 0 Å². The van der Waals surface area contributed by atoms with E-state index in [4.69, 9.17) is 29.1 Å². The Hall–Kier alpha value is -6.70. The van der Waals surface area contributed by atoms with Crippen LogP contribution in [0.4, 0.5) is 0 Å². The number of furan rings is 1. The summed E-state index contributed by atoms with van der Waals surface area (Å²) in [6, 6.07) is -28.7. The van der Waals surface area contributed by atoms with Crippen LogP contribution >= 0.6 is 0 Å². The molecular weight excluding hydrogens is 617 g/mol. The lowest BCUT2D eigenvalue weighted by Gasteiger charge is -2.20. The molecule has 1 nitrogen and oxygen atoms in total. The number of benzene rings is 10. The average molecular weight is 677 g/mol. The van der Waals surface area contributed by atoms with Gasteiger partial charge in [0.25, 0.3) is 0 Å². The highest BCUT2D eigenvalue weighted by molar-refractivity contribution is 6.26. The molecule has 0 saturated heterocycles. The van der Waals surface area contributed by atoms with Crippen LogP contribution in [-0.4, -0.2) is 0 Å². The van der Waals surface area contributed by atoms with Gasteiger partial charge in [-0.25, -0.2) is 0 Å². The smallest absolute Gasteiger partial charge is 0.136 e. The predicted molar refractivity (Wildman–Crippen MR) is 218 cm³/mol. The molecule has 11 aromatic rings. The summed E-state index contributed by atoms with van der Waals surface area (Å²) in [4.78, 5) is 0. The van der Waals surface area contributed by atoms with Crippen molar-refractivity contribution in [3.05, 3.63) is 181 Å². The number of rotatable bonds is 3. The summed E-state index contributed by atoms with van der Waals surface area (Å²) in [6.45, 7) is 0. The monoisotopic (exact) mass is 676 g/mol. The minimum Gasteiger partial charge on any atom is -0.456 e. The van der Waals surface area contributed by atoms with Gasteiger partial charge in [0.15, 0.2) is 0 Å². The molecule has 1 heterocycles. The maximum atomic E-state index is 10.3. The second-order valence-corrected chi connectivity index (χ2v) is 11.3. The summed E-state index contributed by atoms with van der Waals surface area (Å²) >= 11 is 0. The highest BCUT2D eigenvalue weighted by Crippen LogP contribution is 2.47. The average Bonchev–Trinajstić information content (AvgIpc) is 2.60. The van der Waals surface area contributed by atoms with Gasteiger partial charge < -0.3 is 4.42 Å². The van der Waals surface area contributed by atoms with Crippen LogP contribution in [0.15, 0.2) is 186 Å². The van der Waals surface area contributed by atoms with Gasteiger partial charge in [0.2, 0.25) is 0 Å². The van der Waals surface area contributed by atoms with Gasteiger partial charge in [-0.1, -0.05) is 151 Å². The first-order chi connectivity index (χ1) is 37.8. The molecule has 0 fully saturated rings. The minimum absolute atomic E-state index is 0.382. The minimum atomic E-state index is -1.13. The van der Waals surface area contributed by atoms with Crippen molar-refractivity contribution in [2.75, 3.05) is 0 Å². The zero-order valence-electron chi connectivity index (χ0n) is 55.4. The van der Waals surface area contributed by atoms with Crippen molar-refractivity contribution < 1.29 is 45.5 Å². The molecule has 51 heavy (non-hydrogen) atoms. The molecule has 236 valence electrons. The summed E-state index contributed by atoms with van der Waals surface area (Å²) in [5.74, 6) is 0. The van der Waals surface area contributed by atoms with Crippen LogP contribution < -0.4 is 0 Å². The highest BCUT2D eigenvalue weighted by Gasteiger charge is 2.20. The molecule has 0 aliphatic rings. The van der Waals surface area contributed by atoms with Crippen molar-refractivity contribution in [2.45, 2.75) is 0 Å². The quantitative estimate of drug-likeness (QED) is 0.170. The van der Waals surface area contributed by atoms with Crippen molar-refractivity contribution >= 4 is 75.8 Å². The third-order valence-corrected chi connectivity index (χ3v) is 8.57. The van der Waals surface area contributed by atoms with E-state index in [0.717, 1.165) is 0 Å². The van der Waals surface area contributed by atoms with E-state index >= 15 is 0 Å². The number of hydrogen-bond acceptors (Lipinski definition) is 1. The van der Waals surface area contributed by atoms with Gasteiger partial charge in [-0.2, -0.15) is 0 Å². The molecule has 0 atom stereocenters. The lowest BCUT2D eigenvalue weighted by molar-refractivity contribution is 0.669. The van der Waals surface area contributed by atoms with E-state index < -0.39 is 285 Å². The van der Waals surface area contributed by atoms with Crippen LogP contribution in [0.3, 0.4) is 0 Å². The zero-order chi connectivity index (χ0) is 59.6. The summed E-state index contributed by atoms with van der Waals surface area (Å²) in [5.41, 5.74) is -6.31. The van der Waals surface area contributed by atoms with E-state index in [9.17, 15) is 16.4 Å². The van der Waals surface area contributed by atoms with Crippen molar-refractivity contribution in [2.24, 2.45) is 0 Å². The summed E-state index contributed by atoms with van der Waals surface area (Å²) in [6.07, 6.45) is 0. The van der Waals surface area contributed by atoms with Crippen molar-refractivity contribution in [1.29, 1.82) is 0 Å². The Bertz CT molecular complexity index is 4840. The van der Waals surface area contributed by atoms with Crippen LogP contribution in [0.2, 0.25) is 0 Å². The molecule has 10 aromatic carbocycles. The van der Waals surface area contributed by atoms with Crippen LogP contribution in [0.5, 0.6) is 0 Å². The van der Waals surface area contributed by atoms with E-state index in [1.54, 1.807) is 0 Å². The third-order valence-electron chi connectivity index (χ3n) is 8.57. The van der Waals surface area contributed by atoms with E-state index in [1.165, 1.54) is 0 Å². The van der Waals surface area contributed by atoms with Gasteiger partial charge in [-0.3, -0.25) is 0 Å². The SMILES string of the molecule is [2H]c1c([2H])c([2H])c2c(-c3c4c([2H])c([2H])c([2H])c([2H])c4c(-c4c([2H])c(-c5c([2H])c([2H])c6c(oc7c([2H])c([2H])c8c([2H])c([2H])c([2H])c([2H])c8c76)c5[2H])c([2H])c5c([2H])c([2H])c([2H])c([2H])c45)c4c([2H])c([2H])c([2H])c([2H])c34)c([2H])c([2H])c([2H])c2c1[2H]. The van der Waals surface area contributed by atoms with E-state index in [-0.39, 0.29) is 5.39 Å². The standard InChI is InChI=1S/C50H30O/c1-4-16-36-31(12-1)15-11-23-39(36)48-40-19-7-9-21-42(40)49(43-22-10-8-20-41(43)48)45-29-35(28-34-14-3-5-17-37(34)45)33-24-26-44-47(30-33)51-46-27-25-32-13-2-6-18-38(32)50(44)46/h1-30H/i1D,2D,3D,4D,5D,6D,7D,8D,9D,10D,11D,12D,13D,14D,15D,16D,17D,18D,19D,20D,21D,22D,23D,24D,25D,26D,27D,28D,29D,30D. The van der Waals surface area contributed by atoms with Crippen LogP contribution in [0.25, 0.3) is 109 Å². The van der Waals surface area contributed by atoms with Crippen LogP contribution in [0, 0.1) is 0 Å². The molecule has 0 radical (unpaired) electrons. The molecule has 1 heteroatoms. The Balaban J connectivity index is 1.46. The normalized spacial score (nSPS) is 20.2. The first-order valence-electron chi connectivity index (χ1n) is 30.2. The van der Waals surface area contributed by atoms with Gasteiger partial charge >= 0.3 is 0 Å². The fourth-order valence-electron chi connectivity index (χ4n) is 6.45. The Morgan fingerprint density at radius 2 is 0.843 bits per heavy atom. The predicted octanol–water partition coefficient (Wildman–Crippen LogP) is 14.4. The second kappa shape index (κ2) is 10.9. The summed E-state index contributed by atoms with van der Waals surface area (Å²) < 4.78 is 280. The Labute approximate surface area is 336 Å². The van der Waals surface area contributed by atoms with Gasteiger partial charge in [0.1, 0.15) is 11.2 Å². The van der Waals surface area contributed by atoms with Gasteiger partial charge in [0.05, 0.1) is 41.1 Å². The number of fused-ring (bicyclic) bond motifs is 9. The largest absolute Gasteiger partial charge is 0.456 e. The fourth-order valence-corrected chi connectivity index (χ4v) is 6.45. The zero-order valence-corrected chi connectivity index (χ0v) is 25.4. The maximum Gasteiger partial charge on any atom is 0.136 e. The lowest BCUT2D eigenvalue weighted by atomic mass is 9.83. The van der Waals surface area contributed by atoms with Crippen LogP contribution in [-0.2, 0) is 0 Å². The highest BCUT2D eigenvalue weighted by atomic mass is 16.3. The molecule has 0 bridgehead atoms. The molecule has 0 aliphatic heterocycles. The molecule has 0 unspecified atom stereocenters. The van der Waals surface area contributed by atoms with Crippen LogP contribution in [0.1, 0.15) is 41.1 Å². The third kappa shape index (κ3) is 4.22. The topological polar surface area (TPSA) is 13.1 Å². The Morgan fingerprint density at radius 3 is 1.53 bits per heavy atom. The fraction of sp³-hybridized carbons (Fsp3) is 0. The second-order valence-electron chi connectivity index (χ2n) is 11.3. The molecule has 0 saturated carbocycles. The van der Waals surface area contributed by atoms with Gasteiger partial charge in [0, 0.05) is 10.8 Å². The maximum absolute atomic E-state index is 10.3. The van der Waals surface area contributed by atoms with Crippen molar-refractivity contribution in [3.63, 3.8) is 0 Å². The van der Waals surface area contributed by atoms with Crippen molar-refractivity contribution in [3.8, 4) is 33.4 Å². The lowest BCUT2D eigenvalue weighted by Crippen LogP contribution is -1.93. The first kappa shape index (κ1) is 11.7. The molecule has 0 spiro atoms. The number of hydrogen-bond donors (Lipinski definition) is 0. The molecule has 0 aliphatic carbocycles. The van der Waals surface area contributed by atoms with E-state index in [2.05, 4.69) is 0 Å². The Morgan fingerprint density at radius 1 is 0.314 bits per heavy atom. The first-order valence-corrected chi connectivity index (χ1v) is 15.2. The van der Waals surface area contributed by atoms with E-state index in [1.807, 2.05) is 0 Å². The van der Waals surface area contributed by atoms with E-state index in [0.29, 0.717) is 0 Å². The summed E-state index contributed by atoms with van der Waals surface area (Å²) in [5, 5.41) is -7.98. The summed E-state index contributed by atoms with van der Waals surface area (Å²) in [7, 11) is 0. The van der Waals surface area contributed by atoms with Gasteiger partial charge in [-0.05, 0) is 117 Å². The molecular formula is C50H30O. The molecule has 0 amide bonds. The molecule has 1 aromatic heterocycles. The van der Waals surface area contributed by atoms with Gasteiger partial charge in [-0.15, -0.1) is 0 Å². The molecule has 11 rings (SSSR count). The molecule has 0 N–H and O–H groups in total.